The van der Waals surface area contributed by atoms with Gasteiger partial charge in [0.15, 0.2) is 18.1 Å². The van der Waals surface area contributed by atoms with Crippen molar-refractivity contribution in [3.05, 3.63) is 53.6 Å². The van der Waals surface area contributed by atoms with Crippen LogP contribution in [0, 0.1) is 0 Å². The highest BCUT2D eigenvalue weighted by Gasteiger charge is 2.04. The highest BCUT2D eigenvalue weighted by molar-refractivity contribution is 5.83. The van der Waals surface area contributed by atoms with Crippen LogP contribution in [0.3, 0.4) is 0 Å². The Labute approximate surface area is 153 Å². The molecule has 0 bridgehead atoms. The number of carbonyl (C=O) groups excluding carboxylic acids is 1. The first-order chi connectivity index (χ1) is 12.5. The quantitative estimate of drug-likeness (QED) is 0.561. The maximum atomic E-state index is 11.8. The fourth-order valence-electron chi connectivity index (χ4n) is 2.19. The number of nitrogens with zero attached hydrogens (tertiary/aromatic N) is 1. The Morgan fingerprint density at radius 3 is 2.58 bits per heavy atom. The molecule has 0 heterocycles. The van der Waals surface area contributed by atoms with Crippen molar-refractivity contribution >= 4 is 12.1 Å². The van der Waals surface area contributed by atoms with Crippen LogP contribution in [0.25, 0.3) is 0 Å². The monoisotopic (exact) mass is 356 g/mol. The normalized spacial score (nSPS) is 10.9. The van der Waals surface area contributed by atoms with Gasteiger partial charge < -0.3 is 14.6 Å². The Morgan fingerprint density at radius 1 is 1.19 bits per heavy atom. The van der Waals surface area contributed by atoms with Gasteiger partial charge in [0.2, 0.25) is 0 Å². The van der Waals surface area contributed by atoms with Crippen LogP contribution in [0.2, 0.25) is 0 Å². The molecule has 2 aromatic rings. The topological polar surface area (TPSA) is 80.2 Å². The molecule has 0 aliphatic carbocycles. The molecule has 1 amide bonds. The first-order valence-corrected chi connectivity index (χ1v) is 8.50. The number of ether oxygens (including phenoxy) is 2. The van der Waals surface area contributed by atoms with Crippen LogP contribution in [0.4, 0.5) is 0 Å². The molecule has 138 valence electrons. The molecule has 0 aliphatic heterocycles. The molecule has 0 atom stereocenters. The van der Waals surface area contributed by atoms with Crippen LogP contribution in [-0.4, -0.2) is 30.4 Å². The first kappa shape index (κ1) is 19.3. The zero-order chi connectivity index (χ0) is 18.9. The van der Waals surface area contributed by atoms with E-state index in [2.05, 4.69) is 24.4 Å². The lowest BCUT2D eigenvalue weighted by Crippen LogP contribution is -2.24. The molecule has 0 fully saturated rings. The largest absolute Gasteiger partial charge is 0.504 e. The summed E-state index contributed by atoms with van der Waals surface area (Å²) in [6.45, 7) is 6.38. The Bertz CT molecular complexity index is 755. The molecule has 2 rings (SSSR count). The summed E-state index contributed by atoms with van der Waals surface area (Å²) in [6, 6.07) is 12.5. The second-order valence-electron chi connectivity index (χ2n) is 5.97. The fourth-order valence-corrected chi connectivity index (χ4v) is 2.19. The van der Waals surface area contributed by atoms with Crippen molar-refractivity contribution in [2.75, 3.05) is 13.2 Å². The van der Waals surface area contributed by atoms with Crippen LogP contribution < -0.4 is 14.9 Å². The number of aromatic hydroxyl groups is 1. The summed E-state index contributed by atoms with van der Waals surface area (Å²) in [7, 11) is 0. The molecule has 0 aliphatic rings. The van der Waals surface area contributed by atoms with Crippen molar-refractivity contribution in [3.8, 4) is 17.2 Å². The molecular formula is C20H24N2O4. The van der Waals surface area contributed by atoms with Crippen molar-refractivity contribution in [3.63, 3.8) is 0 Å². The Kier molecular flexibility index (Phi) is 7.02. The van der Waals surface area contributed by atoms with Crippen LogP contribution in [0.1, 0.15) is 37.8 Å². The summed E-state index contributed by atoms with van der Waals surface area (Å²) in [5.74, 6) is 1.15. The van der Waals surface area contributed by atoms with E-state index >= 15 is 0 Å². The number of phenols is 1. The lowest BCUT2D eigenvalue weighted by atomic mass is 10.0. The predicted octanol–water partition coefficient (Wildman–Crippen LogP) is 3.44. The average Bonchev–Trinajstić information content (AvgIpc) is 2.63. The number of benzene rings is 2. The van der Waals surface area contributed by atoms with Crippen molar-refractivity contribution in [2.45, 2.75) is 26.7 Å². The van der Waals surface area contributed by atoms with Gasteiger partial charge >= 0.3 is 0 Å². The van der Waals surface area contributed by atoms with Gasteiger partial charge in [-0.05, 0) is 54.3 Å². The van der Waals surface area contributed by atoms with E-state index in [4.69, 9.17) is 9.47 Å². The van der Waals surface area contributed by atoms with Crippen LogP contribution >= 0.6 is 0 Å². The zero-order valence-electron chi connectivity index (χ0n) is 15.2. The molecule has 0 unspecified atom stereocenters. The minimum atomic E-state index is -0.363. The summed E-state index contributed by atoms with van der Waals surface area (Å²) < 4.78 is 10.7. The molecule has 2 N–H and O–H groups in total. The number of nitrogens with one attached hydrogen (secondary N) is 1. The molecule has 0 saturated heterocycles. The van der Waals surface area contributed by atoms with E-state index in [1.807, 2.05) is 31.2 Å². The summed E-state index contributed by atoms with van der Waals surface area (Å²) in [5.41, 5.74) is 4.31. The van der Waals surface area contributed by atoms with E-state index < -0.39 is 0 Å². The number of carbonyl (C=O) groups is 1. The van der Waals surface area contributed by atoms with Gasteiger partial charge in [0, 0.05) is 0 Å². The van der Waals surface area contributed by atoms with Crippen molar-refractivity contribution in [1.29, 1.82) is 0 Å². The maximum absolute atomic E-state index is 11.8. The van der Waals surface area contributed by atoms with Gasteiger partial charge in [-0.1, -0.05) is 26.0 Å². The Balaban J connectivity index is 1.82. The van der Waals surface area contributed by atoms with E-state index in [1.54, 1.807) is 12.1 Å². The Morgan fingerprint density at radius 2 is 1.92 bits per heavy atom. The van der Waals surface area contributed by atoms with E-state index in [0.29, 0.717) is 29.6 Å². The molecule has 26 heavy (non-hydrogen) atoms. The third-order valence-electron chi connectivity index (χ3n) is 3.60. The Hall–Kier alpha value is -3.02. The molecule has 6 nitrogen and oxygen atoms in total. The third-order valence-corrected chi connectivity index (χ3v) is 3.60. The minimum Gasteiger partial charge on any atom is -0.504 e. The lowest BCUT2D eigenvalue weighted by molar-refractivity contribution is -0.123. The standard InChI is InChI=1S/C20H24N2O4/c1-4-25-19-11-15(5-10-18(19)23)12-21-22-20(24)13-26-17-8-6-16(7-9-17)14(2)3/h5-12,14,23H,4,13H2,1-3H3,(H,22,24). The molecular weight excluding hydrogens is 332 g/mol. The number of phenolic OH excluding ortho intramolecular Hbond substituents is 1. The second kappa shape index (κ2) is 9.46. The maximum Gasteiger partial charge on any atom is 0.277 e. The van der Waals surface area contributed by atoms with Crippen molar-refractivity contribution < 1.29 is 19.4 Å². The molecule has 0 spiro atoms. The summed E-state index contributed by atoms with van der Waals surface area (Å²) in [4.78, 5) is 11.8. The minimum absolute atomic E-state index is 0.0601. The first-order valence-electron chi connectivity index (χ1n) is 8.50. The number of amides is 1. The number of rotatable bonds is 8. The summed E-state index contributed by atoms with van der Waals surface area (Å²) >= 11 is 0. The third kappa shape index (κ3) is 5.81. The second-order valence-corrected chi connectivity index (χ2v) is 5.97. The summed E-state index contributed by atoms with van der Waals surface area (Å²) in [6.07, 6.45) is 1.47. The van der Waals surface area contributed by atoms with Gasteiger partial charge in [-0.3, -0.25) is 4.79 Å². The fraction of sp³-hybridized carbons (Fsp3) is 0.300. The van der Waals surface area contributed by atoms with Gasteiger partial charge in [0.1, 0.15) is 5.75 Å². The molecule has 0 saturated carbocycles. The highest BCUT2D eigenvalue weighted by Crippen LogP contribution is 2.26. The van der Waals surface area contributed by atoms with Crippen molar-refractivity contribution in [2.24, 2.45) is 5.10 Å². The van der Waals surface area contributed by atoms with Gasteiger partial charge in [0.05, 0.1) is 12.8 Å². The number of hydrazone groups is 1. The smallest absolute Gasteiger partial charge is 0.277 e. The highest BCUT2D eigenvalue weighted by atomic mass is 16.5. The van der Waals surface area contributed by atoms with Crippen LogP contribution in [-0.2, 0) is 4.79 Å². The van der Waals surface area contributed by atoms with Crippen LogP contribution in [0.5, 0.6) is 17.2 Å². The van der Waals surface area contributed by atoms with E-state index in [0.717, 1.165) is 0 Å². The van der Waals surface area contributed by atoms with Gasteiger partial charge in [-0.25, -0.2) is 5.43 Å². The molecule has 0 radical (unpaired) electrons. The average molecular weight is 356 g/mol. The molecule has 6 heteroatoms. The van der Waals surface area contributed by atoms with E-state index in [-0.39, 0.29) is 18.3 Å². The molecule has 2 aromatic carbocycles. The van der Waals surface area contributed by atoms with Gasteiger partial charge in [0.25, 0.3) is 5.91 Å². The van der Waals surface area contributed by atoms with Crippen molar-refractivity contribution in [1.82, 2.24) is 5.43 Å². The zero-order valence-corrected chi connectivity index (χ0v) is 15.2. The summed E-state index contributed by atoms with van der Waals surface area (Å²) in [5, 5.41) is 13.5. The number of hydrogen-bond acceptors (Lipinski definition) is 5. The SMILES string of the molecule is CCOc1cc(C=NNC(=O)COc2ccc(C(C)C)cc2)ccc1O. The van der Waals surface area contributed by atoms with Gasteiger partial charge in [-0.15, -0.1) is 0 Å². The van der Waals surface area contributed by atoms with Crippen LogP contribution in [0.15, 0.2) is 47.6 Å². The van der Waals surface area contributed by atoms with Gasteiger partial charge in [-0.2, -0.15) is 5.10 Å². The lowest BCUT2D eigenvalue weighted by Gasteiger charge is -2.08. The number of hydrogen-bond donors (Lipinski definition) is 2. The van der Waals surface area contributed by atoms with E-state index in [9.17, 15) is 9.90 Å². The molecule has 0 aromatic heterocycles. The van der Waals surface area contributed by atoms with E-state index in [1.165, 1.54) is 17.8 Å². The predicted molar refractivity (Wildman–Crippen MR) is 101 cm³/mol.